The summed E-state index contributed by atoms with van der Waals surface area (Å²) in [6.07, 6.45) is 4.73. The van der Waals surface area contributed by atoms with Crippen LogP contribution in [0.2, 0.25) is 0 Å². The second kappa shape index (κ2) is 8.97. The van der Waals surface area contributed by atoms with Crippen molar-refractivity contribution in [2.24, 2.45) is 5.92 Å². The number of hydrogen-bond acceptors (Lipinski definition) is 3. The quantitative estimate of drug-likeness (QED) is 0.615. The zero-order chi connectivity index (χ0) is 11.6. The maximum atomic E-state index is 5.73. The van der Waals surface area contributed by atoms with Crippen molar-refractivity contribution >= 4 is 0 Å². The summed E-state index contributed by atoms with van der Waals surface area (Å²) in [5, 5.41) is 3.58. The van der Waals surface area contributed by atoms with Crippen LogP contribution in [0.5, 0.6) is 0 Å². The summed E-state index contributed by atoms with van der Waals surface area (Å²) >= 11 is 0. The van der Waals surface area contributed by atoms with Crippen LogP contribution in [0.25, 0.3) is 0 Å². The SMILES string of the molecule is CCCCOCC(NCCC)C1CCOC1. The number of unbranched alkanes of at least 4 members (excludes halogenated alkanes) is 1. The molecule has 0 aromatic rings. The molecule has 2 atom stereocenters. The lowest BCUT2D eigenvalue weighted by Crippen LogP contribution is -2.41. The van der Waals surface area contributed by atoms with Crippen LogP contribution in [0.1, 0.15) is 39.5 Å². The topological polar surface area (TPSA) is 30.5 Å². The van der Waals surface area contributed by atoms with Gasteiger partial charge in [-0.3, -0.25) is 0 Å². The van der Waals surface area contributed by atoms with Gasteiger partial charge in [0, 0.05) is 25.2 Å². The summed E-state index contributed by atoms with van der Waals surface area (Å²) < 4.78 is 11.2. The van der Waals surface area contributed by atoms with E-state index in [1.807, 2.05) is 0 Å². The van der Waals surface area contributed by atoms with Crippen LogP contribution in [-0.4, -0.2) is 39.0 Å². The Labute approximate surface area is 99.9 Å². The van der Waals surface area contributed by atoms with Crippen molar-refractivity contribution in [1.29, 1.82) is 0 Å². The molecule has 3 nitrogen and oxygen atoms in total. The molecule has 0 saturated carbocycles. The van der Waals surface area contributed by atoms with Gasteiger partial charge in [-0.1, -0.05) is 20.3 Å². The highest BCUT2D eigenvalue weighted by Crippen LogP contribution is 2.17. The normalized spacial score (nSPS) is 22.5. The summed E-state index contributed by atoms with van der Waals surface area (Å²) in [4.78, 5) is 0. The smallest absolute Gasteiger partial charge is 0.0623 e. The van der Waals surface area contributed by atoms with Crippen molar-refractivity contribution in [2.75, 3.05) is 33.0 Å². The average molecular weight is 229 g/mol. The molecule has 0 spiro atoms. The first-order chi connectivity index (χ1) is 7.88. The molecule has 0 bridgehead atoms. The summed E-state index contributed by atoms with van der Waals surface area (Å²) in [6.45, 7) is 9.04. The van der Waals surface area contributed by atoms with E-state index in [0.717, 1.165) is 33.0 Å². The van der Waals surface area contributed by atoms with E-state index in [1.54, 1.807) is 0 Å². The van der Waals surface area contributed by atoms with E-state index < -0.39 is 0 Å². The maximum Gasteiger partial charge on any atom is 0.0623 e. The highest BCUT2D eigenvalue weighted by Gasteiger charge is 2.25. The average Bonchev–Trinajstić information content (AvgIpc) is 2.82. The highest BCUT2D eigenvalue weighted by molar-refractivity contribution is 4.79. The Morgan fingerprint density at radius 1 is 1.38 bits per heavy atom. The summed E-state index contributed by atoms with van der Waals surface area (Å²) in [5.41, 5.74) is 0. The molecular formula is C13H27NO2. The second-order valence-corrected chi connectivity index (χ2v) is 4.61. The highest BCUT2D eigenvalue weighted by atomic mass is 16.5. The van der Waals surface area contributed by atoms with Crippen molar-refractivity contribution in [2.45, 2.75) is 45.6 Å². The fourth-order valence-corrected chi connectivity index (χ4v) is 2.02. The molecule has 1 fully saturated rings. The molecule has 96 valence electrons. The molecule has 16 heavy (non-hydrogen) atoms. The Bertz CT molecular complexity index is 158. The third-order valence-corrected chi connectivity index (χ3v) is 3.13. The van der Waals surface area contributed by atoms with Crippen LogP contribution in [-0.2, 0) is 9.47 Å². The lowest BCUT2D eigenvalue weighted by Gasteiger charge is -2.23. The Balaban J connectivity index is 2.19. The first kappa shape index (κ1) is 13.9. The summed E-state index contributed by atoms with van der Waals surface area (Å²) in [6, 6.07) is 0.485. The maximum absolute atomic E-state index is 5.73. The van der Waals surface area contributed by atoms with Gasteiger partial charge in [0.2, 0.25) is 0 Å². The van der Waals surface area contributed by atoms with Crippen LogP contribution in [0.4, 0.5) is 0 Å². The molecule has 0 aliphatic carbocycles. The van der Waals surface area contributed by atoms with Gasteiger partial charge in [0.05, 0.1) is 13.2 Å². The van der Waals surface area contributed by atoms with Crippen LogP contribution in [0, 0.1) is 5.92 Å². The predicted octanol–water partition coefficient (Wildman–Crippen LogP) is 2.21. The summed E-state index contributed by atoms with van der Waals surface area (Å²) in [5.74, 6) is 0.646. The van der Waals surface area contributed by atoms with Gasteiger partial charge in [0.15, 0.2) is 0 Å². The molecule has 1 aliphatic rings. The Kier molecular flexibility index (Phi) is 7.81. The second-order valence-electron chi connectivity index (χ2n) is 4.61. The first-order valence-corrected chi connectivity index (χ1v) is 6.77. The Morgan fingerprint density at radius 2 is 2.25 bits per heavy atom. The molecule has 1 N–H and O–H groups in total. The lowest BCUT2D eigenvalue weighted by atomic mass is 9.99. The van der Waals surface area contributed by atoms with Crippen LogP contribution >= 0.6 is 0 Å². The minimum atomic E-state index is 0.485. The van der Waals surface area contributed by atoms with E-state index >= 15 is 0 Å². The van der Waals surface area contributed by atoms with Crippen molar-refractivity contribution in [3.63, 3.8) is 0 Å². The molecule has 0 aromatic carbocycles. The van der Waals surface area contributed by atoms with Crippen LogP contribution in [0.15, 0.2) is 0 Å². The van der Waals surface area contributed by atoms with Crippen LogP contribution < -0.4 is 5.32 Å². The molecular weight excluding hydrogens is 202 g/mol. The van der Waals surface area contributed by atoms with Gasteiger partial charge >= 0.3 is 0 Å². The Hall–Kier alpha value is -0.120. The van der Waals surface area contributed by atoms with Crippen molar-refractivity contribution in [3.05, 3.63) is 0 Å². The largest absolute Gasteiger partial charge is 0.381 e. The first-order valence-electron chi connectivity index (χ1n) is 6.77. The molecule has 1 rings (SSSR count). The van der Waals surface area contributed by atoms with Crippen molar-refractivity contribution < 1.29 is 9.47 Å². The van der Waals surface area contributed by atoms with Gasteiger partial charge in [-0.2, -0.15) is 0 Å². The predicted molar refractivity (Wildman–Crippen MR) is 66.7 cm³/mol. The Morgan fingerprint density at radius 3 is 2.88 bits per heavy atom. The minimum absolute atomic E-state index is 0.485. The van der Waals surface area contributed by atoms with E-state index in [9.17, 15) is 0 Å². The summed E-state index contributed by atoms with van der Waals surface area (Å²) in [7, 11) is 0. The van der Waals surface area contributed by atoms with E-state index in [4.69, 9.17) is 9.47 Å². The number of hydrogen-bond donors (Lipinski definition) is 1. The number of rotatable bonds is 9. The van der Waals surface area contributed by atoms with E-state index in [0.29, 0.717) is 12.0 Å². The van der Waals surface area contributed by atoms with Gasteiger partial charge < -0.3 is 14.8 Å². The zero-order valence-corrected chi connectivity index (χ0v) is 10.8. The molecule has 0 radical (unpaired) electrons. The molecule has 1 aliphatic heterocycles. The lowest BCUT2D eigenvalue weighted by molar-refractivity contribution is 0.0854. The third-order valence-electron chi connectivity index (χ3n) is 3.13. The molecule has 3 heteroatoms. The zero-order valence-electron chi connectivity index (χ0n) is 10.8. The van der Waals surface area contributed by atoms with Gasteiger partial charge in [-0.05, 0) is 25.8 Å². The van der Waals surface area contributed by atoms with Crippen molar-refractivity contribution in [3.8, 4) is 0 Å². The number of ether oxygens (including phenoxy) is 2. The van der Waals surface area contributed by atoms with Gasteiger partial charge in [-0.25, -0.2) is 0 Å². The molecule has 0 amide bonds. The standard InChI is InChI=1S/C13H27NO2/c1-3-5-8-15-11-13(14-7-4-2)12-6-9-16-10-12/h12-14H,3-11H2,1-2H3. The fourth-order valence-electron chi connectivity index (χ4n) is 2.02. The fraction of sp³-hybridized carbons (Fsp3) is 1.00. The molecule has 2 unspecified atom stereocenters. The van der Waals surface area contributed by atoms with E-state index in [1.165, 1.54) is 25.7 Å². The molecule has 1 heterocycles. The van der Waals surface area contributed by atoms with Gasteiger partial charge in [-0.15, -0.1) is 0 Å². The van der Waals surface area contributed by atoms with E-state index in [-0.39, 0.29) is 0 Å². The van der Waals surface area contributed by atoms with E-state index in [2.05, 4.69) is 19.2 Å². The van der Waals surface area contributed by atoms with Crippen molar-refractivity contribution in [1.82, 2.24) is 5.32 Å². The third kappa shape index (κ3) is 5.28. The van der Waals surface area contributed by atoms with Gasteiger partial charge in [0.25, 0.3) is 0 Å². The monoisotopic (exact) mass is 229 g/mol. The minimum Gasteiger partial charge on any atom is -0.381 e. The molecule has 1 saturated heterocycles. The number of nitrogens with one attached hydrogen (secondary N) is 1. The van der Waals surface area contributed by atoms with Gasteiger partial charge in [0.1, 0.15) is 0 Å². The molecule has 0 aromatic heterocycles. The van der Waals surface area contributed by atoms with Crippen LogP contribution in [0.3, 0.4) is 0 Å².